The molecule has 0 N–H and O–H groups in total. The second kappa shape index (κ2) is 3.27. The van der Waals surface area contributed by atoms with E-state index in [-0.39, 0.29) is 0 Å². The number of benzene rings is 2. The molecule has 0 saturated carbocycles. The maximum absolute atomic E-state index is 4.68. The van der Waals surface area contributed by atoms with E-state index in [1.807, 2.05) is 18.2 Å². The van der Waals surface area contributed by atoms with E-state index in [1.165, 1.54) is 11.1 Å². The Morgan fingerprint density at radius 1 is 0.812 bits per heavy atom. The van der Waals surface area contributed by atoms with Crippen LogP contribution in [0.1, 0.15) is 11.1 Å². The predicted molar refractivity (Wildman–Crippen MR) is 66.5 cm³/mol. The normalized spacial score (nSPS) is 11.1. The summed E-state index contributed by atoms with van der Waals surface area (Å²) in [6.07, 6.45) is 0. The number of nitrogens with zero attached hydrogens (tertiary/aromatic N) is 2. The fourth-order valence-corrected chi connectivity index (χ4v) is 1.95. The molecule has 0 aliphatic heterocycles. The molecule has 2 aromatic carbocycles. The predicted octanol–water partition coefficient (Wildman–Crippen LogP) is 3.40. The van der Waals surface area contributed by atoms with Crippen molar-refractivity contribution in [3.8, 4) is 0 Å². The minimum absolute atomic E-state index is 0.962. The first-order chi connectivity index (χ1) is 7.74. The maximum Gasteiger partial charge on any atom is 0.0923 e. The first-order valence-electron chi connectivity index (χ1n) is 5.38. The summed E-state index contributed by atoms with van der Waals surface area (Å²) in [5, 5.41) is 0. The zero-order valence-electron chi connectivity index (χ0n) is 9.36. The van der Waals surface area contributed by atoms with E-state index in [4.69, 9.17) is 0 Å². The average Bonchev–Trinajstić information content (AvgIpc) is 2.28. The SMILES string of the molecule is Cc1ccc2nc3cccc(C)c3nc2c1. The molecule has 2 heteroatoms. The van der Waals surface area contributed by atoms with Crippen LogP contribution in [0.2, 0.25) is 0 Å². The highest BCUT2D eigenvalue weighted by molar-refractivity contribution is 5.87. The van der Waals surface area contributed by atoms with E-state index in [1.54, 1.807) is 0 Å². The van der Waals surface area contributed by atoms with Crippen molar-refractivity contribution in [2.75, 3.05) is 0 Å². The fourth-order valence-electron chi connectivity index (χ4n) is 1.95. The minimum atomic E-state index is 0.962. The van der Waals surface area contributed by atoms with E-state index < -0.39 is 0 Å². The number of rotatable bonds is 0. The lowest BCUT2D eigenvalue weighted by Crippen LogP contribution is -1.89. The second-order valence-electron chi connectivity index (χ2n) is 4.16. The Labute approximate surface area is 94.0 Å². The molecular weight excluding hydrogens is 196 g/mol. The molecule has 3 rings (SSSR count). The molecule has 0 aliphatic carbocycles. The van der Waals surface area contributed by atoms with Crippen LogP contribution in [0.4, 0.5) is 0 Å². The Bertz CT molecular complexity index is 687. The lowest BCUT2D eigenvalue weighted by Gasteiger charge is -2.03. The highest BCUT2D eigenvalue weighted by Gasteiger charge is 2.03. The Morgan fingerprint density at radius 2 is 1.69 bits per heavy atom. The summed E-state index contributed by atoms with van der Waals surface area (Å²) < 4.78 is 0. The van der Waals surface area contributed by atoms with Gasteiger partial charge in [-0.15, -0.1) is 0 Å². The van der Waals surface area contributed by atoms with E-state index >= 15 is 0 Å². The summed E-state index contributed by atoms with van der Waals surface area (Å²) in [6.45, 7) is 4.14. The highest BCUT2D eigenvalue weighted by atomic mass is 14.8. The van der Waals surface area contributed by atoms with Crippen LogP contribution in [0.25, 0.3) is 22.1 Å². The van der Waals surface area contributed by atoms with Crippen molar-refractivity contribution in [1.82, 2.24) is 9.97 Å². The van der Waals surface area contributed by atoms with Crippen LogP contribution in [-0.2, 0) is 0 Å². The molecule has 0 spiro atoms. The van der Waals surface area contributed by atoms with Gasteiger partial charge >= 0.3 is 0 Å². The van der Waals surface area contributed by atoms with Crippen molar-refractivity contribution in [2.24, 2.45) is 0 Å². The van der Waals surface area contributed by atoms with Crippen LogP contribution < -0.4 is 0 Å². The number of aryl methyl sites for hydroxylation is 2. The highest BCUT2D eigenvalue weighted by Crippen LogP contribution is 2.19. The zero-order chi connectivity index (χ0) is 11.1. The monoisotopic (exact) mass is 208 g/mol. The van der Waals surface area contributed by atoms with Gasteiger partial charge in [0.05, 0.1) is 22.1 Å². The van der Waals surface area contributed by atoms with Crippen LogP contribution in [0, 0.1) is 13.8 Å². The minimum Gasteiger partial charge on any atom is -0.244 e. The molecule has 0 saturated heterocycles. The first kappa shape index (κ1) is 9.28. The Hall–Kier alpha value is -1.96. The standard InChI is InChI=1S/C14H12N2/c1-9-6-7-11-13(8-9)16-14-10(2)4-3-5-12(14)15-11/h3-8H,1-2H3. The van der Waals surface area contributed by atoms with Crippen LogP contribution >= 0.6 is 0 Å². The molecule has 16 heavy (non-hydrogen) atoms. The van der Waals surface area contributed by atoms with Crippen molar-refractivity contribution >= 4 is 22.1 Å². The number of fused-ring (bicyclic) bond motifs is 2. The van der Waals surface area contributed by atoms with E-state index in [2.05, 4.69) is 42.0 Å². The third kappa shape index (κ3) is 1.34. The van der Waals surface area contributed by atoms with Crippen molar-refractivity contribution in [1.29, 1.82) is 0 Å². The van der Waals surface area contributed by atoms with Gasteiger partial charge in [-0.05, 0) is 43.2 Å². The largest absolute Gasteiger partial charge is 0.244 e. The van der Waals surface area contributed by atoms with Gasteiger partial charge in [0.15, 0.2) is 0 Å². The first-order valence-corrected chi connectivity index (χ1v) is 5.38. The third-order valence-electron chi connectivity index (χ3n) is 2.82. The second-order valence-corrected chi connectivity index (χ2v) is 4.16. The maximum atomic E-state index is 4.68. The van der Waals surface area contributed by atoms with Crippen molar-refractivity contribution in [2.45, 2.75) is 13.8 Å². The van der Waals surface area contributed by atoms with E-state index in [0.717, 1.165) is 22.1 Å². The molecule has 0 aliphatic rings. The fraction of sp³-hybridized carbons (Fsp3) is 0.143. The van der Waals surface area contributed by atoms with Gasteiger partial charge in [0.25, 0.3) is 0 Å². The van der Waals surface area contributed by atoms with Gasteiger partial charge in [-0.3, -0.25) is 0 Å². The molecule has 2 nitrogen and oxygen atoms in total. The van der Waals surface area contributed by atoms with Crippen LogP contribution in [0.5, 0.6) is 0 Å². The Kier molecular flexibility index (Phi) is 1.90. The lowest BCUT2D eigenvalue weighted by atomic mass is 10.1. The molecular formula is C14H12N2. The summed E-state index contributed by atoms with van der Waals surface area (Å²) in [6, 6.07) is 12.3. The Morgan fingerprint density at radius 3 is 2.56 bits per heavy atom. The molecule has 1 heterocycles. The van der Waals surface area contributed by atoms with Gasteiger partial charge in [-0.25, -0.2) is 9.97 Å². The molecule has 0 amide bonds. The molecule has 0 bridgehead atoms. The van der Waals surface area contributed by atoms with Gasteiger partial charge in [0.2, 0.25) is 0 Å². The molecule has 3 aromatic rings. The molecule has 0 unspecified atom stereocenters. The molecule has 0 atom stereocenters. The number of aromatic nitrogens is 2. The number of hydrogen-bond donors (Lipinski definition) is 0. The van der Waals surface area contributed by atoms with Gasteiger partial charge < -0.3 is 0 Å². The summed E-state index contributed by atoms with van der Waals surface area (Å²) in [5.41, 5.74) is 6.30. The van der Waals surface area contributed by atoms with Crippen LogP contribution in [0.15, 0.2) is 36.4 Å². The van der Waals surface area contributed by atoms with Crippen LogP contribution in [-0.4, -0.2) is 9.97 Å². The van der Waals surface area contributed by atoms with Gasteiger partial charge in [-0.1, -0.05) is 18.2 Å². The summed E-state index contributed by atoms with van der Waals surface area (Å²) in [4.78, 5) is 9.29. The molecule has 1 aromatic heterocycles. The molecule has 78 valence electrons. The smallest absolute Gasteiger partial charge is 0.0923 e. The summed E-state index contributed by atoms with van der Waals surface area (Å²) in [7, 11) is 0. The number of hydrogen-bond acceptors (Lipinski definition) is 2. The topological polar surface area (TPSA) is 25.8 Å². The van der Waals surface area contributed by atoms with Crippen LogP contribution in [0.3, 0.4) is 0 Å². The molecule has 0 radical (unpaired) electrons. The molecule has 0 fully saturated rings. The quantitative estimate of drug-likeness (QED) is 0.529. The lowest BCUT2D eigenvalue weighted by molar-refractivity contribution is 1.34. The Balaban J connectivity index is 2.49. The van der Waals surface area contributed by atoms with E-state index in [9.17, 15) is 0 Å². The van der Waals surface area contributed by atoms with Gasteiger partial charge in [-0.2, -0.15) is 0 Å². The van der Waals surface area contributed by atoms with Crippen molar-refractivity contribution in [3.05, 3.63) is 47.5 Å². The zero-order valence-corrected chi connectivity index (χ0v) is 9.36. The number of para-hydroxylation sites is 1. The van der Waals surface area contributed by atoms with Crippen molar-refractivity contribution < 1.29 is 0 Å². The summed E-state index contributed by atoms with van der Waals surface area (Å²) in [5.74, 6) is 0. The summed E-state index contributed by atoms with van der Waals surface area (Å²) >= 11 is 0. The van der Waals surface area contributed by atoms with Gasteiger partial charge in [0.1, 0.15) is 0 Å². The van der Waals surface area contributed by atoms with Gasteiger partial charge in [0, 0.05) is 0 Å². The van der Waals surface area contributed by atoms with Crippen molar-refractivity contribution in [3.63, 3.8) is 0 Å². The average molecular weight is 208 g/mol. The van der Waals surface area contributed by atoms with E-state index in [0.29, 0.717) is 0 Å². The third-order valence-corrected chi connectivity index (χ3v) is 2.82.